The van der Waals surface area contributed by atoms with Crippen molar-refractivity contribution in [1.82, 2.24) is 5.32 Å². The Morgan fingerprint density at radius 3 is 2.73 bits per heavy atom. The smallest absolute Gasteiger partial charge is 0.261 e. The molecule has 7 heteroatoms. The maximum Gasteiger partial charge on any atom is 0.261 e. The molecule has 0 saturated carbocycles. The summed E-state index contributed by atoms with van der Waals surface area (Å²) in [7, 11) is 1.52. The average molecular weight is 394 g/mol. The van der Waals surface area contributed by atoms with Gasteiger partial charge < -0.3 is 14.8 Å². The number of methoxy groups -OCH3 is 1. The van der Waals surface area contributed by atoms with Crippen LogP contribution in [0.15, 0.2) is 42.5 Å². The Morgan fingerprint density at radius 2 is 2.00 bits per heavy atom. The number of thiophene rings is 1. The van der Waals surface area contributed by atoms with Crippen LogP contribution >= 0.6 is 22.9 Å². The number of hydrogen-bond donors (Lipinski definition) is 1. The van der Waals surface area contributed by atoms with Crippen LogP contribution in [0.1, 0.15) is 15.2 Å². The molecule has 0 fully saturated rings. The van der Waals surface area contributed by atoms with Gasteiger partial charge in [0.05, 0.1) is 18.0 Å². The molecule has 0 saturated heterocycles. The van der Waals surface area contributed by atoms with Gasteiger partial charge in [-0.25, -0.2) is 4.39 Å². The molecule has 0 atom stereocenters. The van der Waals surface area contributed by atoms with E-state index < -0.39 is 0 Å². The molecule has 3 rings (SSSR count). The number of carbonyl (C=O) groups excluding carboxylic acids is 1. The normalized spacial score (nSPS) is 10.9. The molecule has 1 N–H and O–H groups in total. The predicted molar refractivity (Wildman–Crippen MR) is 102 cm³/mol. The van der Waals surface area contributed by atoms with E-state index in [4.69, 9.17) is 21.1 Å². The number of carbonyl (C=O) groups is 1. The molecule has 0 spiro atoms. The molecule has 0 aliphatic heterocycles. The van der Waals surface area contributed by atoms with Crippen LogP contribution in [0.25, 0.3) is 10.1 Å². The van der Waals surface area contributed by atoms with E-state index in [1.165, 1.54) is 24.5 Å². The summed E-state index contributed by atoms with van der Waals surface area (Å²) in [6.45, 7) is 0.807. The number of benzene rings is 2. The van der Waals surface area contributed by atoms with Crippen LogP contribution in [-0.2, 0) is 11.3 Å². The highest BCUT2D eigenvalue weighted by molar-refractivity contribution is 7.21. The van der Waals surface area contributed by atoms with Crippen LogP contribution in [-0.4, -0.2) is 26.2 Å². The summed E-state index contributed by atoms with van der Waals surface area (Å²) >= 11 is 7.07. The van der Waals surface area contributed by atoms with Crippen molar-refractivity contribution >= 4 is 38.9 Å². The quantitative estimate of drug-likeness (QED) is 0.594. The van der Waals surface area contributed by atoms with Crippen LogP contribution < -0.4 is 10.1 Å². The van der Waals surface area contributed by atoms with Crippen LogP contribution in [0.5, 0.6) is 5.75 Å². The molecular weight excluding hydrogens is 377 g/mol. The molecule has 1 heterocycles. The molecular formula is C19H17ClFNO3S. The summed E-state index contributed by atoms with van der Waals surface area (Å²) < 4.78 is 25.6. The number of hydrogen-bond acceptors (Lipinski definition) is 4. The molecule has 0 unspecified atom stereocenters. The lowest BCUT2D eigenvalue weighted by molar-refractivity contribution is 0.0947. The topological polar surface area (TPSA) is 47.6 Å². The summed E-state index contributed by atoms with van der Waals surface area (Å²) in [4.78, 5) is 13.0. The molecule has 26 heavy (non-hydrogen) atoms. The van der Waals surface area contributed by atoms with Gasteiger partial charge in [0.2, 0.25) is 0 Å². The van der Waals surface area contributed by atoms with E-state index in [2.05, 4.69) is 5.32 Å². The van der Waals surface area contributed by atoms with Gasteiger partial charge in [0, 0.05) is 27.8 Å². The van der Waals surface area contributed by atoms with Crippen LogP contribution in [0.3, 0.4) is 0 Å². The minimum atomic E-state index is -0.351. The number of amides is 1. The van der Waals surface area contributed by atoms with Gasteiger partial charge in [0.15, 0.2) is 0 Å². The molecule has 0 aliphatic carbocycles. The number of fused-ring (bicyclic) bond motifs is 1. The van der Waals surface area contributed by atoms with Crippen molar-refractivity contribution in [3.8, 4) is 5.75 Å². The zero-order valence-electron chi connectivity index (χ0n) is 14.1. The first-order valence-electron chi connectivity index (χ1n) is 7.95. The molecule has 4 nitrogen and oxygen atoms in total. The second-order valence-electron chi connectivity index (χ2n) is 5.51. The van der Waals surface area contributed by atoms with Crippen molar-refractivity contribution in [1.29, 1.82) is 0 Å². The summed E-state index contributed by atoms with van der Waals surface area (Å²) in [5, 5.41) is 3.88. The van der Waals surface area contributed by atoms with Crippen molar-refractivity contribution < 1.29 is 18.7 Å². The Bertz CT molecular complexity index is 911. The van der Waals surface area contributed by atoms with E-state index in [1.54, 1.807) is 36.4 Å². The molecule has 3 aromatic rings. The molecule has 1 amide bonds. The molecule has 0 bridgehead atoms. The van der Waals surface area contributed by atoms with Gasteiger partial charge in [0.1, 0.15) is 18.2 Å². The molecule has 0 aliphatic rings. The van der Waals surface area contributed by atoms with Gasteiger partial charge in [-0.2, -0.15) is 0 Å². The number of nitrogens with one attached hydrogen (secondary N) is 1. The fraction of sp³-hybridized carbons (Fsp3) is 0.211. The Morgan fingerprint density at radius 1 is 1.23 bits per heavy atom. The Kier molecular flexibility index (Phi) is 6.08. The summed E-state index contributed by atoms with van der Waals surface area (Å²) in [6, 6.07) is 11.8. The van der Waals surface area contributed by atoms with Crippen molar-refractivity contribution in [3.05, 3.63) is 63.7 Å². The van der Waals surface area contributed by atoms with Crippen molar-refractivity contribution in [2.45, 2.75) is 6.61 Å². The second kappa shape index (κ2) is 8.49. The summed E-state index contributed by atoms with van der Waals surface area (Å²) in [5.41, 5.74) is 0.571. The van der Waals surface area contributed by atoms with Gasteiger partial charge in [-0.05, 0) is 36.4 Å². The van der Waals surface area contributed by atoms with E-state index in [9.17, 15) is 9.18 Å². The summed E-state index contributed by atoms with van der Waals surface area (Å²) in [6.07, 6.45) is 0. The highest BCUT2D eigenvalue weighted by Crippen LogP contribution is 2.33. The SMILES string of the molecule is COCc1c(C(=O)NCCOc2ccc(Cl)cc2)sc2cccc(F)c12. The fourth-order valence-electron chi connectivity index (χ4n) is 2.58. The highest BCUT2D eigenvalue weighted by atomic mass is 35.5. The first kappa shape index (κ1) is 18.6. The van der Waals surface area contributed by atoms with Gasteiger partial charge in [0.25, 0.3) is 5.91 Å². The van der Waals surface area contributed by atoms with E-state index in [-0.39, 0.29) is 18.3 Å². The largest absolute Gasteiger partial charge is 0.492 e. The number of ether oxygens (including phenoxy) is 2. The summed E-state index contributed by atoms with van der Waals surface area (Å²) in [5.74, 6) is 0.0564. The van der Waals surface area contributed by atoms with E-state index >= 15 is 0 Å². The van der Waals surface area contributed by atoms with E-state index in [1.807, 2.05) is 0 Å². The van der Waals surface area contributed by atoms with E-state index in [0.29, 0.717) is 39.8 Å². The minimum absolute atomic E-state index is 0.172. The highest BCUT2D eigenvalue weighted by Gasteiger charge is 2.20. The lowest BCUT2D eigenvalue weighted by Gasteiger charge is -2.08. The first-order chi connectivity index (χ1) is 12.6. The lowest BCUT2D eigenvalue weighted by atomic mass is 10.1. The lowest BCUT2D eigenvalue weighted by Crippen LogP contribution is -2.28. The Balaban J connectivity index is 1.66. The molecule has 0 radical (unpaired) electrons. The van der Waals surface area contributed by atoms with Crippen LogP contribution in [0, 0.1) is 5.82 Å². The molecule has 1 aromatic heterocycles. The van der Waals surface area contributed by atoms with Crippen LogP contribution in [0.4, 0.5) is 4.39 Å². The fourth-order valence-corrected chi connectivity index (χ4v) is 3.84. The average Bonchev–Trinajstić information content (AvgIpc) is 3.00. The van der Waals surface area contributed by atoms with Crippen molar-refractivity contribution in [2.75, 3.05) is 20.3 Å². The zero-order chi connectivity index (χ0) is 18.5. The standard InChI is InChI=1S/C19H17ClFNO3S/c1-24-11-14-17-15(21)3-2-4-16(17)26-18(14)19(23)22-9-10-25-13-7-5-12(20)6-8-13/h2-8H,9-11H2,1H3,(H,22,23). The third-order valence-electron chi connectivity index (χ3n) is 3.73. The molecule has 136 valence electrons. The van der Waals surface area contributed by atoms with Crippen molar-refractivity contribution in [3.63, 3.8) is 0 Å². The maximum absolute atomic E-state index is 14.2. The van der Waals surface area contributed by atoms with Gasteiger partial charge in [-0.15, -0.1) is 11.3 Å². The maximum atomic E-state index is 14.2. The number of rotatable bonds is 7. The molecule has 2 aromatic carbocycles. The Hall–Kier alpha value is -2.15. The third-order valence-corrected chi connectivity index (χ3v) is 5.18. The van der Waals surface area contributed by atoms with Gasteiger partial charge in [-0.3, -0.25) is 4.79 Å². The van der Waals surface area contributed by atoms with Crippen LogP contribution in [0.2, 0.25) is 5.02 Å². The third kappa shape index (κ3) is 4.15. The number of halogens is 2. The predicted octanol–water partition coefficient (Wildman–Crippen LogP) is 4.65. The Labute approximate surface area is 159 Å². The zero-order valence-corrected chi connectivity index (χ0v) is 15.6. The second-order valence-corrected chi connectivity index (χ2v) is 7.00. The van der Waals surface area contributed by atoms with E-state index in [0.717, 1.165) is 4.70 Å². The van der Waals surface area contributed by atoms with Gasteiger partial charge in [-0.1, -0.05) is 17.7 Å². The van der Waals surface area contributed by atoms with Gasteiger partial charge >= 0.3 is 0 Å². The first-order valence-corrected chi connectivity index (χ1v) is 9.15. The monoisotopic (exact) mass is 393 g/mol. The van der Waals surface area contributed by atoms with Crippen molar-refractivity contribution in [2.24, 2.45) is 0 Å². The minimum Gasteiger partial charge on any atom is -0.492 e.